The molecule has 0 unspecified atom stereocenters. The molecule has 2 amide bonds. The molecule has 10 rings (SSSR count). The lowest BCUT2D eigenvalue weighted by Crippen LogP contribution is -2.32. The summed E-state index contributed by atoms with van der Waals surface area (Å²) in [7, 11) is -15.1. The lowest BCUT2D eigenvalue weighted by Gasteiger charge is -2.28. The molecular formula is C79H98N7O17S4+. The molecule has 4 aliphatic rings. The van der Waals surface area contributed by atoms with Crippen molar-refractivity contribution in [1.29, 1.82) is 0 Å². The number of aryl methyl sites for hydroxylation is 2. The van der Waals surface area contributed by atoms with Crippen molar-refractivity contribution in [3.63, 3.8) is 0 Å². The third-order valence-corrected chi connectivity index (χ3v) is 21.2. The first-order valence-electron chi connectivity index (χ1n) is 36.1. The van der Waals surface area contributed by atoms with Crippen LogP contribution in [0, 0.1) is 5.41 Å². The van der Waals surface area contributed by atoms with Crippen LogP contribution in [0.5, 0.6) is 0 Å². The van der Waals surface area contributed by atoms with Crippen molar-refractivity contribution >= 4 is 87.4 Å². The standard InChI is InChI=1S/C79H97N7O11S2.2O3S/c1-10-45-83-68-37-35-61(98(90,91)92)52-65(68)78(6,7)70(83)39-32-56-21-18-22-57(33-40-71-79(8,9)66-53-62(99(93,94)95)36-38-69(66)84(71)46-11-2)74(56)58-30-27-55(28-31-58)29-41-72(88)80-44-19-47-86-76-63-24-13-12-20-59(63)54-85(67-26-15-14-25-64(67)75(76)81-82-86)73(89)42-34-60(87)23-16-17-48-96-50-51-97-49-43-77(3,4)5;2*1-4(2)3/h12-15,20,24-28,30-33,35-40,52-53H,10-11,16-19,21-23,29,34,41-51,54H2,1-9H3,(H2-,80,88,90,91,92,93,94,95);;/p+1. The summed E-state index contributed by atoms with van der Waals surface area (Å²) in [5, 5.41) is 12.5. The predicted molar refractivity (Wildman–Crippen MR) is 410 cm³/mol. The Bertz CT molecular complexity index is 4860. The van der Waals surface area contributed by atoms with Gasteiger partial charge in [0, 0.05) is 111 Å². The van der Waals surface area contributed by atoms with E-state index in [9.17, 15) is 40.3 Å². The van der Waals surface area contributed by atoms with Crippen molar-refractivity contribution in [3.8, 4) is 22.5 Å². The number of carbonyl (C=O) groups excluding carboxylic acids is 3. The number of amides is 2. The summed E-state index contributed by atoms with van der Waals surface area (Å²) in [6.45, 7) is 24.1. The third-order valence-electron chi connectivity index (χ3n) is 19.5. The second kappa shape index (κ2) is 37.4. The summed E-state index contributed by atoms with van der Waals surface area (Å²) in [6.07, 6.45) is 17.4. The molecule has 3 N–H and O–H groups in total. The summed E-state index contributed by atoms with van der Waals surface area (Å²) < 4.78 is 136. The van der Waals surface area contributed by atoms with E-state index in [0.717, 1.165) is 129 Å². The van der Waals surface area contributed by atoms with Crippen molar-refractivity contribution in [2.75, 3.05) is 55.9 Å². The molecule has 574 valence electrons. The molecule has 28 heteroatoms. The van der Waals surface area contributed by atoms with Gasteiger partial charge in [0.15, 0.2) is 5.71 Å². The predicted octanol–water partition coefficient (Wildman–Crippen LogP) is 13.1. The topological polar surface area (TPSA) is 333 Å². The minimum absolute atomic E-state index is 0.0533. The lowest BCUT2D eigenvalue weighted by atomic mass is 9.79. The second-order valence-corrected chi connectivity index (χ2v) is 32.7. The van der Waals surface area contributed by atoms with Gasteiger partial charge in [0.25, 0.3) is 20.2 Å². The molecule has 1 aromatic heterocycles. The number of anilines is 2. The van der Waals surface area contributed by atoms with Crippen LogP contribution in [0.15, 0.2) is 160 Å². The number of unbranched alkanes of at least 4 members (excludes halogenated alkanes) is 1. The number of allylic oxidation sites excluding steroid dienone is 8. The smallest absolute Gasteiger partial charge is 0.379 e. The number of aromatic nitrogens is 3. The molecule has 0 spiro atoms. The van der Waals surface area contributed by atoms with E-state index in [4.69, 9.17) is 39.8 Å². The van der Waals surface area contributed by atoms with E-state index < -0.39 is 52.3 Å². The van der Waals surface area contributed by atoms with Gasteiger partial charge in [-0.05, 0) is 158 Å². The Kier molecular flexibility index (Phi) is 29.3. The van der Waals surface area contributed by atoms with Crippen LogP contribution in [0.4, 0.5) is 17.1 Å². The molecule has 5 aromatic carbocycles. The van der Waals surface area contributed by atoms with Crippen LogP contribution in [0.1, 0.15) is 174 Å². The van der Waals surface area contributed by atoms with Gasteiger partial charge in [-0.25, -0.2) is 4.68 Å². The van der Waals surface area contributed by atoms with Crippen molar-refractivity contribution in [3.05, 3.63) is 178 Å². The van der Waals surface area contributed by atoms with E-state index in [0.29, 0.717) is 96.2 Å². The first kappa shape index (κ1) is 83.9. The minimum atomic E-state index is -4.44. The Hall–Kier alpha value is -8.74. The highest BCUT2D eigenvalue weighted by Crippen LogP contribution is 2.50. The summed E-state index contributed by atoms with van der Waals surface area (Å²) in [4.78, 5) is 44.6. The van der Waals surface area contributed by atoms with Crippen LogP contribution in [0.2, 0.25) is 0 Å². The van der Waals surface area contributed by atoms with Gasteiger partial charge in [-0.15, -0.1) is 30.4 Å². The summed E-state index contributed by atoms with van der Waals surface area (Å²) in [5.74, 6) is -0.160. The van der Waals surface area contributed by atoms with Gasteiger partial charge in [-0.2, -0.15) is 21.4 Å². The Morgan fingerprint density at radius 1 is 0.673 bits per heavy atom. The number of carbonyl (C=O) groups is 3. The van der Waals surface area contributed by atoms with Crippen LogP contribution >= 0.6 is 0 Å². The zero-order chi connectivity index (χ0) is 78.0. The van der Waals surface area contributed by atoms with Gasteiger partial charge in [0.2, 0.25) is 17.5 Å². The lowest BCUT2D eigenvalue weighted by molar-refractivity contribution is -0.437. The molecule has 1 aliphatic carbocycles. The normalized spacial score (nSPS) is 15.8. The van der Waals surface area contributed by atoms with Crippen molar-refractivity contribution in [1.82, 2.24) is 20.3 Å². The number of nitrogens with zero attached hydrogens (tertiary/aromatic N) is 6. The molecule has 0 fully saturated rings. The molecule has 24 nitrogen and oxygen atoms in total. The number of rotatable bonds is 30. The van der Waals surface area contributed by atoms with Crippen molar-refractivity contribution in [2.24, 2.45) is 5.41 Å². The second-order valence-electron chi connectivity index (χ2n) is 29.1. The highest BCUT2D eigenvalue weighted by molar-refractivity contribution is 7.86. The fourth-order valence-electron chi connectivity index (χ4n) is 14.1. The number of hydrogen-bond acceptors (Lipinski definition) is 18. The SMILES string of the molecule is CCCN1C(=CC=C2CCCC(C=CC3=[N+](CCC)c4ccc(S(=O)(=O)O)cc4C3(C)C)=C2c2ccc(CCC(=O)NCCCn3nnc4c3-c3ccccc3CN(C(=O)CCC(=O)CCCCOCCOCCC(C)(C)C)c3ccccc3-4)cc2)C(C)(C)c2cc(S(=O)(=O)O)ccc21.O=S(=O)=O.O=S(=O)=O. The highest BCUT2D eigenvalue weighted by atomic mass is 32.2. The summed E-state index contributed by atoms with van der Waals surface area (Å²) in [6, 6.07) is 33.8. The number of nitrogens with one attached hydrogen (secondary N) is 1. The van der Waals surface area contributed by atoms with E-state index in [1.807, 2.05) is 53.2 Å². The summed E-state index contributed by atoms with van der Waals surface area (Å²) in [5.41, 5.74) is 14.6. The van der Waals surface area contributed by atoms with Gasteiger partial charge in [0.05, 0.1) is 46.3 Å². The maximum Gasteiger partial charge on any atom is 0.425 e. The zero-order valence-electron chi connectivity index (χ0n) is 62.3. The minimum Gasteiger partial charge on any atom is -0.379 e. The van der Waals surface area contributed by atoms with Gasteiger partial charge in [0.1, 0.15) is 18.0 Å². The number of benzene rings is 5. The average molecular weight is 1550 g/mol. The fraction of sp³-hybridized carbons (Fsp3) is 0.443. The third kappa shape index (κ3) is 22.2. The van der Waals surface area contributed by atoms with Crippen LogP contribution < -0.4 is 15.1 Å². The molecule has 6 aromatic rings. The Labute approximate surface area is 631 Å². The molecular weight excluding hydrogens is 1450 g/mol. The Balaban J connectivity index is 0.00000172. The molecule has 4 heterocycles. The molecule has 0 saturated carbocycles. The number of hydrogen-bond donors (Lipinski definition) is 3. The first-order valence-corrected chi connectivity index (χ1v) is 41.0. The van der Waals surface area contributed by atoms with Crippen LogP contribution in [-0.2, 0) is 95.7 Å². The molecule has 0 atom stereocenters. The maximum atomic E-state index is 14.2. The van der Waals surface area contributed by atoms with Gasteiger partial charge in [-0.1, -0.05) is 133 Å². The van der Waals surface area contributed by atoms with E-state index in [2.05, 4.69) is 131 Å². The van der Waals surface area contributed by atoms with Crippen LogP contribution in [0.3, 0.4) is 0 Å². The molecule has 3 aliphatic heterocycles. The molecule has 0 saturated heterocycles. The monoisotopic (exact) mass is 1540 g/mol. The quantitative estimate of drug-likeness (QED) is 0.0214. The fourth-order valence-corrected chi connectivity index (χ4v) is 15.1. The van der Waals surface area contributed by atoms with Gasteiger partial charge < -0.3 is 24.6 Å². The summed E-state index contributed by atoms with van der Waals surface area (Å²) >= 11 is 0. The molecule has 107 heavy (non-hydrogen) atoms. The molecule has 0 radical (unpaired) electrons. The van der Waals surface area contributed by atoms with E-state index in [1.54, 1.807) is 29.2 Å². The Morgan fingerprint density at radius 2 is 1.32 bits per heavy atom. The number of Topliss-reactive ketones (excluding diaryl/α,β-unsaturated/α-hetero) is 1. The zero-order valence-corrected chi connectivity index (χ0v) is 65.6. The highest BCUT2D eigenvalue weighted by Gasteiger charge is 2.45. The van der Waals surface area contributed by atoms with E-state index in [-0.39, 0.29) is 52.1 Å². The van der Waals surface area contributed by atoms with Crippen LogP contribution in [-0.4, -0.2) is 140 Å². The number of ketones is 1. The number of para-hydroxylation sites is 1. The van der Waals surface area contributed by atoms with Crippen molar-refractivity contribution in [2.45, 2.75) is 186 Å². The van der Waals surface area contributed by atoms with E-state index in [1.165, 1.54) is 12.1 Å². The van der Waals surface area contributed by atoms with Gasteiger partial charge in [-0.3, -0.25) is 23.5 Å². The maximum absolute atomic E-state index is 14.2. The Morgan fingerprint density at radius 3 is 1.98 bits per heavy atom. The largest absolute Gasteiger partial charge is 0.425 e. The average Bonchev–Trinajstić information content (AvgIpc) is 1.61. The first-order chi connectivity index (χ1) is 50.7. The number of ether oxygens (including phenoxy) is 2. The van der Waals surface area contributed by atoms with E-state index >= 15 is 0 Å². The van der Waals surface area contributed by atoms with Crippen molar-refractivity contribution < 1.29 is 79.6 Å². The molecule has 0 bridgehead atoms. The number of fused-ring (bicyclic) bond motifs is 7. The van der Waals surface area contributed by atoms with Gasteiger partial charge >= 0.3 is 21.2 Å². The van der Waals surface area contributed by atoms with Crippen LogP contribution in [0.25, 0.3) is 28.1 Å².